The Balaban J connectivity index is 2.07. The highest BCUT2D eigenvalue weighted by Crippen LogP contribution is 2.26. The van der Waals surface area contributed by atoms with E-state index in [1.54, 1.807) is 14.2 Å². The van der Waals surface area contributed by atoms with E-state index in [0.29, 0.717) is 18.0 Å². The minimum atomic E-state index is -0.325. The molecule has 0 saturated heterocycles. The van der Waals surface area contributed by atoms with E-state index in [1.165, 1.54) is 0 Å². The molecular formula is C19H23BrN2O3. The van der Waals surface area contributed by atoms with Crippen molar-refractivity contribution in [2.45, 2.75) is 19.5 Å². The number of benzene rings is 2. The molecule has 0 saturated carbocycles. The van der Waals surface area contributed by atoms with Crippen molar-refractivity contribution in [3.05, 3.63) is 52.5 Å². The number of anilines is 1. The SMILES string of the molecule is COc1ccc(Br)cc1CN(C)[C@@H](C)C(=O)Nc1ccccc1OC. The van der Waals surface area contributed by atoms with Crippen molar-refractivity contribution in [1.29, 1.82) is 0 Å². The fourth-order valence-corrected chi connectivity index (χ4v) is 2.87. The summed E-state index contributed by atoms with van der Waals surface area (Å²) >= 11 is 3.47. The van der Waals surface area contributed by atoms with Crippen LogP contribution in [0.2, 0.25) is 0 Å². The molecule has 0 fully saturated rings. The average molecular weight is 407 g/mol. The second-order valence-corrected chi connectivity index (χ2v) is 6.65. The molecule has 0 heterocycles. The number of nitrogens with one attached hydrogen (secondary N) is 1. The van der Waals surface area contributed by atoms with Crippen LogP contribution >= 0.6 is 15.9 Å². The third kappa shape index (κ3) is 4.96. The summed E-state index contributed by atoms with van der Waals surface area (Å²) in [6.07, 6.45) is 0. The first kappa shape index (κ1) is 19.3. The zero-order valence-corrected chi connectivity index (χ0v) is 16.5. The van der Waals surface area contributed by atoms with Gasteiger partial charge in [-0.05, 0) is 44.3 Å². The topological polar surface area (TPSA) is 50.8 Å². The number of amides is 1. The molecule has 1 amide bonds. The predicted octanol–water partition coefficient (Wildman–Crippen LogP) is 3.93. The van der Waals surface area contributed by atoms with Crippen molar-refractivity contribution < 1.29 is 14.3 Å². The third-order valence-corrected chi connectivity index (χ3v) is 4.56. The zero-order valence-electron chi connectivity index (χ0n) is 14.9. The van der Waals surface area contributed by atoms with Gasteiger partial charge < -0.3 is 14.8 Å². The lowest BCUT2D eigenvalue weighted by Crippen LogP contribution is -2.39. The molecule has 5 nitrogen and oxygen atoms in total. The van der Waals surface area contributed by atoms with Gasteiger partial charge in [-0.15, -0.1) is 0 Å². The number of halogens is 1. The number of hydrogen-bond donors (Lipinski definition) is 1. The molecule has 1 N–H and O–H groups in total. The molecule has 0 aromatic heterocycles. The number of hydrogen-bond acceptors (Lipinski definition) is 4. The third-order valence-electron chi connectivity index (χ3n) is 4.07. The summed E-state index contributed by atoms with van der Waals surface area (Å²) in [5.74, 6) is 1.34. The summed E-state index contributed by atoms with van der Waals surface area (Å²) in [6.45, 7) is 2.46. The number of rotatable bonds is 7. The number of carbonyl (C=O) groups is 1. The van der Waals surface area contributed by atoms with Crippen LogP contribution in [0, 0.1) is 0 Å². The molecule has 1 atom stereocenters. The van der Waals surface area contributed by atoms with E-state index in [-0.39, 0.29) is 11.9 Å². The molecule has 25 heavy (non-hydrogen) atoms. The van der Waals surface area contributed by atoms with Crippen molar-refractivity contribution in [2.75, 3.05) is 26.6 Å². The molecule has 0 radical (unpaired) electrons. The van der Waals surface area contributed by atoms with Crippen LogP contribution in [0.3, 0.4) is 0 Å². The van der Waals surface area contributed by atoms with E-state index in [1.807, 2.05) is 61.3 Å². The van der Waals surface area contributed by atoms with E-state index < -0.39 is 0 Å². The summed E-state index contributed by atoms with van der Waals surface area (Å²) in [6, 6.07) is 12.9. The van der Waals surface area contributed by atoms with Crippen molar-refractivity contribution in [3.8, 4) is 11.5 Å². The Labute approximate surface area is 157 Å². The maximum absolute atomic E-state index is 12.6. The number of para-hydroxylation sites is 2. The lowest BCUT2D eigenvalue weighted by atomic mass is 10.1. The lowest BCUT2D eigenvalue weighted by molar-refractivity contribution is -0.120. The summed E-state index contributed by atoms with van der Waals surface area (Å²) in [5.41, 5.74) is 1.67. The van der Waals surface area contributed by atoms with Gasteiger partial charge in [-0.25, -0.2) is 0 Å². The van der Waals surface area contributed by atoms with Gasteiger partial charge in [-0.1, -0.05) is 28.1 Å². The monoisotopic (exact) mass is 406 g/mol. The van der Waals surface area contributed by atoms with Gasteiger partial charge in [0.25, 0.3) is 0 Å². The molecule has 2 aromatic carbocycles. The first-order valence-electron chi connectivity index (χ1n) is 7.92. The van der Waals surface area contributed by atoms with Crippen LogP contribution < -0.4 is 14.8 Å². The van der Waals surface area contributed by atoms with E-state index >= 15 is 0 Å². The Morgan fingerprint density at radius 3 is 2.52 bits per heavy atom. The molecule has 0 unspecified atom stereocenters. The Kier molecular flexibility index (Phi) is 6.84. The van der Waals surface area contributed by atoms with Crippen LogP contribution in [0.1, 0.15) is 12.5 Å². The predicted molar refractivity (Wildman–Crippen MR) is 103 cm³/mol. The number of likely N-dealkylation sites (N-methyl/N-ethyl adjacent to an activating group) is 1. The largest absolute Gasteiger partial charge is 0.496 e. The van der Waals surface area contributed by atoms with Crippen LogP contribution in [-0.4, -0.2) is 38.1 Å². The normalized spacial score (nSPS) is 11.9. The smallest absolute Gasteiger partial charge is 0.241 e. The maximum atomic E-state index is 12.6. The number of ether oxygens (including phenoxy) is 2. The van der Waals surface area contributed by atoms with Crippen molar-refractivity contribution >= 4 is 27.5 Å². The fourth-order valence-electron chi connectivity index (χ4n) is 2.46. The van der Waals surface area contributed by atoms with E-state index in [4.69, 9.17) is 9.47 Å². The second-order valence-electron chi connectivity index (χ2n) is 5.74. The molecular weight excluding hydrogens is 384 g/mol. The Bertz CT molecular complexity index is 736. The van der Waals surface area contributed by atoms with E-state index in [2.05, 4.69) is 21.2 Å². The number of carbonyl (C=O) groups excluding carboxylic acids is 1. The Morgan fingerprint density at radius 2 is 1.84 bits per heavy atom. The average Bonchev–Trinajstić information content (AvgIpc) is 2.61. The fraction of sp³-hybridized carbons (Fsp3) is 0.316. The first-order chi connectivity index (χ1) is 12.0. The van der Waals surface area contributed by atoms with Gasteiger partial charge in [-0.3, -0.25) is 9.69 Å². The zero-order chi connectivity index (χ0) is 18.4. The molecule has 0 aliphatic heterocycles. The summed E-state index contributed by atoms with van der Waals surface area (Å²) < 4.78 is 11.7. The summed E-state index contributed by atoms with van der Waals surface area (Å²) in [5, 5.41) is 2.92. The second kappa shape index (κ2) is 8.87. The van der Waals surface area contributed by atoms with E-state index in [0.717, 1.165) is 15.8 Å². The number of nitrogens with zero attached hydrogens (tertiary/aromatic N) is 1. The van der Waals surface area contributed by atoms with Crippen LogP contribution in [-0.2, 0) is 11.3 Å². The van der Waals surface area contributed by atoms with Crippen LogP contribution in [0.25, 0.3) is 0 Å². The van der Waals surface area contributed by atoms with Crippen LogP contribution in [0.4, 0.5) is 5.69 Å². The molecule has 2 rings (SSSR count). The van der Waals surface area contributed by atoms with Crippen molar-refractivity contribution in [2.24, 2.45) is 0 Å². The van der Waals surface area contributed by atoms with Gasteiger partial charge >= 0.3 is 0 Å². The molecule has 0 spiro atoms. The van der Waals surface area contributed by atoms with Gasteiger partial charge in [0.2, 0.25) is 5.91 Å². The Morgan fingerprint density at radius 1 is 1.16 bits per heavy atom. The quantitative estimate of drug-likeness (QED) is 0.756. The molecule has 134 valence electrons. The van der Waals surface area contributed by atoms with Crippen molar-refractivity contribution in [3.63, 3.8) is 0 Å². The lowest BCUT2D eigenvalue weighted by Gasteiger charge is -2.25. The molecule has 0 bridgehead atoms. The van der Waals surface area contributed by atoms with Gasteiger partial charge in [0, 0.05) is 16.6 Å². The van der Waals surface area contributed by atoms with Gasteiger partial charge in [-0.2, -0.15) is 0 Å². The van der Waals surface area contributed by atoms with Crippen LogP contribution in [0.5, 0.6) is 11.5 Å². The van der Waals surface area contributed by atoms with E-state index in [9.17, 15) is 4.79 Å². The van der Waals surface area contributed by atoms with Crippen LogP contribution in [0.15, 0.2) is 46.9 Å². The van der Waals surface area contributed by atoms with Crippen molar-refractivity contribution in [1.82, 2.24) is 4.90 Å². The minimum Gasteiger partial charge on any atom is -0.496 e. The highest BCUT2D eigenvalue weighted by Gasteiger charge is 2.20. The molecule has 2 aromatic rings. The van der Waals surface area contributed by atoms with Gasteiger partial charge in [0.05, 0.1) is 25.9 Å². The first-order valence-corrected chi connectivity index (χ1v) is 8.72. The number of methoxy groups -OCH3 is 2. The maximum Gasteiger partial charge on any atom is 0.241 e. The van der Waals surface area contributed by atoms with Gasteiger partial charge in [0.1, 0.15) is 11.5 Å². The van der Waals surface area contributed by atoms with Gasteiger partial charge in [0.15, 0.2) is 0 Å². The highest BCUT2D eigenvalue weighted by molar-refractivity contribution is 9.10. The molecule has 0 aliphatic carbocycles. The molecule has 0 aliphatic rings. The minimum absolute atomic E-state index is 0.0963. The highest BCUT2D eigenvalue weighted by atomic mass is 79.9. The molecule has 6 heteroatoms. The standard InChI is InChI=1S/C19H23BrN2O3/c1-13(19(23)21-16-7-5-6-8-18(16)25-4)22(2)12-14-11-15(20)9-10-17(14)24-3/h5-11,13H,12H2,1-4H3,(H,21,23)/t13-/m0/s1. The summed E-state index contributed by atoms with van der Waals surface area (Å²) in [7, 11) is 5.14. The Hall–Kier alpha value is -2.05. The summed E-state index contributed by atoms with van der Waals surface area (Å²) in [4.78, 5) is 14.6.